The lowest BCUT2D eigenvalue weighted by Gasteiger charge is -2.41. The minimum Gasteiger partial charge on any atom is -0.493 e. The lowest BCUT2D eigenvalue weighted by atomic mass is 9.92. The number of rotatable bonds is 3. The summed E-state index contributed by atoms with van der Waals surface area (Å²) >= 11 is 0. The molecule has 0 aliphatic carbocycles. The standard InChI is InChI=1S/C31H40FN5O6/c1-19-25(26(29(39)40)43-30(2,3)4)28-36-12-10-31(5,11-13-36)42-15-7-6-14-41-23-16-21(32)9-8-20(23)18-33-27(38)22-17-24(34-19)37(28)35-22/h8-9,16-17,26H,6-7,10-15,18H2,1-5H3,(H,33,38)(H,39,40)/t26-/m0/s1. The average molecular weight is 598 g/mol. The monoisotopic (exact) mass is 597 g/mol. The van der Waals surface area contributed by atoms with Gasteiger partial charge in [-0.25, -0.2) is 14.2 Å². The molecular weight excluding hydrogens is 557 g/mol. The molecule has 3 aliphatic heterocycles. The number of carboxylic acid groups (broad SMARTS) is 1. The van der Waals surface area contributed by atoms with E-state index >= 15 is 0 Å². The SMILES string of the molecule is Cc1nc2cc3nn2c(c1[C@H](OC(C)(C)C)C(=O)O)N1CCC(C)(CC1)OCCCCOc1cc(F)ccc1CNC3=O. The number of anilines is 1. The van der Waals surface area contributed by atoms with E-state index in [-0.39, 0.29) is 17.8 Å². The van der Waals surface area contributed by atoms with Crippen molar-refractivity contribution in [1.29, 1.82) is 0 Å². The number of hydrogen-bond acceptors (Lipinski definition) is 8. The molecule has 43 heavy (non-hydrogen) atoms. The highest BCUT2D eigenvalue weighted by Gasteiger charge is 2.38. The summed E-state index contributed by atoms with van der Waals surface area (Å²) in [6, 6.07) is 5.81. The molecule has 0 spiro atoms. The number of fused-ring (bicyclic) bond motifs is 9. The Kier molecular flexibility index (Phi) is 8.62. The fourth-order valence-electron chi connectivity index (χ4n) is 5.54. The number of ether oxygens (including phenoxy) is 3. The molecule has 12 heteroatoms. The van der Waals surface area contributed by atoms with Crippen LogP contribution in [0.25, 0.3) is 5.65 Å². The molecule has 1 amide bonds. The van der Waals surface area contributed by atoms with E-state index in [9.17, 15) is 19.1 Å². The van der Waals surface area contributed by atoms with E-state index in [1.165, 1.54) is 12.1 Å². The summed E-state index contributed by atoms with van der Waals surface area (Å²) in [6.07, 6.45) is 1.59. The summed E-state index contributed by atoms with van der Waals surface area (Å²) in [6.45, 7) is 11.5. The van der Waals surface area contributed by atoms with Crippen LogP contribution in [0.3, 0.4) is 0 Å². The summed E-state index contributed by atoms with van der Waals surface area (Å²) in [5.74, 6) is -1.11. The van der Waals surface area contributed by atoms with Crippen molar-refractivity contribution in [3.8, 4) is 5.75 Å². The van der Waals surface area contributed by atoms with Gasteiger partial charge in [0.05, 0.1) is 23.4 Å². The largest absolute Gasteiger partial charge is 0.493 e. The Balaban J connectivity index is 1.60. The van der Waals surface area contributed by atoms with Gasteiger partial charge < -0.3 is 29.5 Å². The molecule has 0 radical (unpaired) electrons. The maximum absolute atomic E-state index is 14.0. The molecule has 11 nitrogen and oxygen atoms in total. The van der Waals surface area contributed by atoms with Crippen LogP contribution in [-0.4, -0.2) is 69.1 Å². The fraction of sp³-hybridized carbons (Fsp3) is 0.548. The van der Waals surface area contributed by atoms with Crippen molar-refractivity contribution in [1.82, 2.24) is 19.9 Å². The number of nitrogens with one attached hydrogen (secondary N) is 1. The zero-order valence-electron chi connectivity index (χ0n) is 25.4. The molecule has 5 heterocycles. The van der Waals surface area contributed by atoms with Crippen LogP contribution >= 0.6 is 0 Å². The van der Waals surface area contributed by atoms with Crippen LogP contribution in [0.15, 0.2) is 24.3 Å². The third-order valence-electron chi connectivity index (χ3n) is 7.83. The molecule has 232 valence electrons. The number of aryl methyl sites for hydroxylation is 1. The van der Waals surface area contributed by atoms with Gasteiger partial charge in [0.2, 0.25) is 0 Å². The zero-order valence-corrected chi connectivity index (χ0v) is 25.4. The second-order valence-corrected chi connectivity index (χ2v) is 12.5. The van der Waals surface area contributed by atoms with Gasteiger partial charge >= 0.3 is 5.97 Å². The number of carboxylic acids is 1. The second kappa shape index (κ2) is 12.1. The number of nitrogens with zero attached hydrogens (tertiary/aromatic N) is 4. The third-order valence-corrected chi connectivity index (χ3v) is 7.83. The summed E-state index contributed by atoms with van der Waals surface area (Å²) in [7, 11) is 0. The lowest BCUT2D eigenvalue weighted by molar-refractivity contribution is -0.160. The maximum atomic E-state index is 14.0. The predicted octanol–water partition coefficient (Wildman–Crippen LogP) is 4.60. The first-order valence-corrected chi connectivity index (χ1v) is 14.7. The molecule has 1 atom stereocenters. The number of benzene rings is 1. The number of aromatic nitrogens is 3. The summed E-state index contributed by atoms with van der Waals surface area (Å²) in [5, 5.41) is 17.8. The highest BCUT2D eigenvalue weighted by Crippen LogP contribution is 2.37. The molecule has 6 rings (SSSR count). The number of aliphatic carboxylic acids is 1. The Hall–Kier alpha value is -3.77. The molecule has 1 saturated heterocycles. The minimum absolute atomic E-state index is 0.0982. The molecular formula is C31H40FN5O6. The van der Waals surface area contributed by atoms with E-state index in [4.69, 9.17) is 14.2 Å². The van der Waals surface area contributed by atoms with Crippen molar-refractivity contribution in [3.63, 3.8) is 0 Å². The Morgan fingerprint density at radius 3 is 2.60 bits per heavy atom. The molecule has 3 aliphatic rings. The molecule has 1 aromatic carbocycles. The van der Waals surface area contributed by atoms with Crippen molar-refractivity contribution < 1.29 is 33.3 Å². The number of piperidine rings is 1. The van der Waals surface area contributed by atoms with Gasteiger partial charge in [0, 0.05) is 49.6 Å². The first kappa shape index (κ1) is 30.7. The van der Waals surface area contributed by atoms with Crippen molar-refractivity contribution in [2.75, 3.05) is 31.2 Å². The first-order valence-electron chi connectivity index (χ1n) is 14.7. The first-order chi connectivity index (χ1) is 20.3. The normalized spacial score (nSPS) is 18.7. The third kappa shape index (κ3) is 6.91. The van der Waals surface area contributed by atoms with E-state index in [1.54, 1.807) is 44.3 Å². The van der Waals surface area contributed by atoms with Crippen molar-refractivity contribution in [2.24, 2.45) is 0 Å². The van der Waals surface area contributed by atoms with Gasteiger partial charge in [-0.1, -0.05) is 6.07 Å². The van der Waals surface area contributed by atoms with Crippen LogP contribution in [0.5, 0.6) is 5.75 Å². The topological polar surface area (TPSA) is 128 Å². The van der Waals surface area contributed by atoms with Crippen LogP contribution in [0.2, 0.25) is 0 Å². The Labute approximate surface area is 250 Å². The summed E-state index contributed by atoms with van der Waals surface area (Å²) in [4.78, 5) is 32.7. The Morgan fingerprint density at radius 1 is 1.19 bits per heavy atom. The van der Waals surface area contributed by atoms with Gasteiger partial charge in [-0.15, -0.1) is 0 Å². The highest BCUT2D eigenvalue weighted by molar-refractivity contribution is 5.93. The Bertz CT molecular complexity index is 1510. The van der Waals surface area contributed by atoms with Crippen LogP contribution in [0.4, 0.5) is 10.2 Å². The number of carbonyl (C=O) groups is 2. The molecule has 2 aromatic heterocycles. The van der Waals surface area contributed by atoms with Crippen LogP contribution in [0.1, 0.15) is 86.8 Å². The van der Waals surface area contributed by atoms with E-state index in [0.717, 1.165) is 12.8 Å². The number of hydrogen-bond donors (Lipinski definition) is 2. The van der Waals surface area contributed by atoms with Crippen LogP contribution < -0.4 is 15.0 Å². The molecule has 4 bridgehead atoms. The van der Waals surface area contributed by atoms with Crippen LogP contribution in [0, 0.1) is 12.7 Å². The van der Waals surface area contributed by atoms with Gasteiger partial charge in [-0.2, -0.15) is 9.61 Å². The minimum atomic E-state index is -1.31. The maximum Gasteiger partial charge on any atom is 0.337 e. The van der Waals surface area contributed by atoms with E-state index < -0.39 is 29.4 Å². The van der Waals surface area contributed by atoms with Gasteiger partial charge in [0.1, 0.15) is 17.4 Å². The fourth-order valence-corrected chi connectivity index (χ4v) is 5.54. The predicted molar refractivity (Wildman–Crippen MR) is 157 cm³/mol. The Morgan fingerprint density at radius 2 is 1.91 bits per heavy atom. The molecule has 1 fully saturated rings. The van der Waals surface area contributed by atoms with E-state index in [1.807, 2.05) is 0 Å². The number of halogens is 1. The van der Waals surface area contributed by atoms with Gasteiger partial charge in [0.25, 0.3) is 5.91 Å². The quantitative estimate of drug-likeness (QED) is 0.445. The highest BCUT2D eigenvalue weighted by atomic mass is 19.1. The van der Waals surface area contributed by atoms with Crippen molar-refractivity contribution >= 4 is 23.3 Å². The van der Waals surface area contributed by atoms with Crippen LogP contribution in [-0.2, 0) is 20.8 Å². The van der Waals surface area contributed by atoms with E-state index in [0.29, 0.717) is 73.2 Å². The molecule has 2 N–H and O–H groups in total. The average Bonchev–Trinajstić information content (AvgIpc) is 3.35. The van der Waals surface area contributed by atoms with Crippen molar-refractivity contribution in [2.45, 2.75) is 84.2 Å². The van der Waals surface area contributed by atoms with Crippen molar-refractivity contribution in [3.05, 3.63) is 52.6 Å². The molecule has 3 aromatic rings. The molecule has 0 saturated carbocycles. The number of amides is 1. The van der Waals surface area contributed by atoms with Gasteiger partial charge in [-0.05, 0) is 66.4 Å². The van der Waals surface area contributed by atoms with Gasteiger partial charge in [0.15, 0.2) is 17.4 Å². The van der Waals surface area contributed by atoms with Gasteiger partial charge in [-0.3, -0.25) is 4.79 Å². The molecule has 0 unspecified atom stereocenters. The summed E-state index contributed by atoms with van der Waals surface area (Å²) < 4.78 is 33.9. The van der Waals surface area contributed by atoms with E-state index in [2.05, 4.69) is 27.2 Å². The number of carbonyl (C=O) groups excluding carboxylic acids is 1. The smallest absolute Gasteiger partial charge is 0.337 e. The zero-order chi connectivity index (χ0) is 30.9. The second-order valence-electron chi connectivity index (χ2n) is 12.5. The summed E-state index contributed by atoms with van der Waals surface area (Å²) in [5.41, 5.74) is 0.912. The lowest BCUT2D eigenvalue weighted by Crippen LogP contribution is -2.46.